The van der Waals surface area contributed by atoms with Crippen LogP contribution in [0, 0.1) is 5.92 Å². The van der Waals surface area contributed by atoms with E-state index in [1.807, 2.05) is 6.92 Å². The molecule has 1 fully saturated rings. The van der Waals surface area contributed by atoms with Gasteiger partial charge in [-0.1, -0.05) is 19.1 Å². The van der Waals surface area contributed by atoms with Crippen LogP contribution in [0.5, 0.6) is 0 Å². The van der Waals surface area contributed by atoms with E-state index >= 15 is 0 Å². The number of aromatic nitrogens is 1. The molecule has 0 spiro atoms. The summed E-state index contributed by atoms with van der Waals surface area (Å²) in [6.45, 7) is 2.16. The fourth-order valence-electron chi connectivity index (χ4n) is 2.09. The van der Waals surface area contributed by atoms with Crippen LogP contribution >= 0.6 is 12.2 Å². The van der Waals surface area contributed by atoms with E-state index < -0.39 is 0 Å². The summed E-state index contributed by atoms with van der Waals surface area (Å²) in [5, 5.41) is 0. The van der Waals surface area contributed by atoms with E-state index in [4.69, 9.17) is 18.0 Å². The van der Waals surface area contributed by atoms with Gasteiger partial charge in [-0.15, -0.1) is 0 Å². The third kappa shape index (κ3) is 3.14. The number of piperidine rings is 1. The van der Waals surface area contributed by atoms with Gasteiger partial charge in [-0.25, -0.2) is 0 Å². The highest BCUT2D eigenvalue weighted by Crippen LogP contribution is 2.20. The highest BCUT2D eigenvalue weighted by atomic mass is 32.1. The van der Waals surface area contributed by atoms with Crippen LogP contribution in [0.1, 0.15) is 31.0 Å². The first kappa shape index (κ1) is 13.6. The smallest absolute Gasteiger partial charge is 0.229 e. The van der Waals surface area contributed by atoms with E-state index in [1.165, 1.54) is 4.90 Å². The van der Waals surface area contributed by atoms with E-state index in [2.05, 4.69) is 4.98 Å². The van der Waals surface area contributed by atoms with Crippen LogP contribution in [0.2, 0.25) is 0 Å². The van der Waals surface area contributed by atoms with Crippen LogP contribution in [0.3, 0.4) is 0 Å². The summed E-state index contributed by atoms with van der Waals surface area (Å²) < 4.78 is 0. The third-order valence-electron chi connectivity index (χ3n) is 3.07. The zero-order valence-corrected chi connectivity index (χ0v) is 11.4. The van der Waals surface area contributed by atoms with Crippen molar-refractivity contribution in [2.45, 2.75) is 26.3 Å². The molecule has 0 aromatic carbocycles. The summed E-state index contributed by atoms with van der Waals surface area (Å²) in [6.07, 6.45) is 2.41. The number of carbonyl (C=O) groups is 2. The van der Waals surface area contributed by atoms with Gasteiger partial charge in [0.05, 0.1) is 12.2 Å². The van der Waals surface area contributed by atoms with Gasteiger partial charge in [0.15, 0.2) is 0 Å². The van der Waals surface area contributed by atoms with Crippen molar-refractivity contribution in [2.75, 3.05) is 0 Å². The number of likely N-dealkylation sites (tertiary alicyclic amines) is 1. The molecule has 1 saturated heterocycles. The Bertz CT molecular complexity index is 526. The molecule has 6 heteroatoms. The molecule has 2 amide bonds. The van der Waals surface area contributed by atoms with Gasteiger partial charge in [-0.2, -0.15) is 0 Å². The highest BCUT2D eigenvalue weighted by molar-refractivity contribution is 7.80. The fraction of sp³-hybridized carbons (Fsp3) is 0.385. The second kappa shape index (κ2) is 5.44. The Morgan fingerprint density at radius 2 is 2.11 bits per heavy atom. The van der Waals surface area contributed by atoms with Crippen LogP contribution in [0.25, 0.3) is 0 Å². The monoisotopic (exact) mass is 277 g/mol. The number of nitrogens with two attached hydrogens (primary N) is 1. The molecule has 1 aromatic heterocycles. The maximum Gasteiger partial charge on any atom is 0.229 e. The lowest BCUT2D eigenvalue weighted by atomic mass is 9.97. The molecular weight excluding hydrogens is 262 g/mol. The van der Waals surface area contributed by atoms with Gasteiger partial charge in [0.1, 0.15) is 4.99 Å². The Morgan fingerprint density at radius 3 is 2.68 bits per heavy atom. The van der Waals surface area contributed by atoms with Crippen molar-refractivity contribution >= 4 is 29.0 Å². The minimum Gasteiger partial charge on any atom is -0.388 e. The quantitative estimate of drug-likeness (QED) is 0.659. The van der Waals surface area contributed by atoms with Crippen LogP contribution in [-0.2, 0) is 16.1 Å². The lowest BCUT2D eigenvalue weighted by molar-refractivity contribution is -0.150. The molecule has 2 heterocycles. The third-order valence-corrected chi connectivity index (χ3v) is 3.27. The van der Waals surface area contributed by atoms with Crippen molar-refractivity contribution in [3.05, 3.63) is 29.6 Å². The van der Waals surface area contributed by atoms with E-state index in [0.29, 0.717) is 18.5 Å². The Hall–Kier alpha value is -1.82. The molecule has 0 saturated carbocycles. The van der Waals surface area contributed by atoms with Crippen molar-refractivity contribution in [2.24, 2.45) is 11.7 Å². The largest absolute Gasteiger partial charge is 0.388 e. The standard InChI is InChI=1S/C13H15N3O2S/c1-8-4-11(17)16(12(18)5-8)7-9-2-3-15-10(6-9)13(14)19/h2-3,6,8H,4-5,7H2,1H3,(H2,14,19). The highest BCUT2D eigenvalue weighted by Gasteiger charge is 2.30. The molecule has 0 unspecified atom stereocenters. The minimum atomic E-state index is -0.127. The number of rotatable bonds is 3. The number of carbonyl (C=O) groups excluding carboxylic acids is 2. The van der Waals surface area contributed by atoms with Gasteiger partial charge < -0.3 is 5.73 Å². The van der Waals surface area contributed by atoms with Gasteiger partial charge >= 0.3 is 0 Å². The number of pyridine rings is 1. The lowest BCUT2D eigenvalue weighted by Crippen LogP contribution is -2.42. The van der Waals surface area contributed by atoms with Gasteiger partial charge in [-0.05, 0) is 23.6 Å². The van der Waals surface area contributed by atoms with Gasteiger partial charge in [-0.3, -0.25) is 19.5 Å². The van der Waals surface area contributed by atoms with E-state index in [9.17, 15) is 9.59 Å². The van der Waals surface area contributed by atoms with E-state index in [0.717, 1.165) is 5.56 Å². The minimum absolute atomic E-state index is 0.126. The molecule has 0 aliphatic carbocycles. The number of imide groups is 1. The maximum atomic E-state index is 11.9. The summed E-state index contributed by atoms with van der Waals surface area (Å²) >= 11 is 4.86. The zero-order valence-electron chi connectivity index (χ0n) is 10.6. The van der Waals surface area contributed by atoms with E-state index in [-0.39, 0.29) is 29.3 Å². The summed E-state index contributed by atoms with van der Waals surface area (Å²) in [6, 6.07) is 3.46. The summed E-state index contributed by atoms with van der Waals surface area (Å²) in [7, 11) is 0. The van der Waals surface area contributed by atoms with Gasteiger partial charge in [0.25, 0.3) is 0 Å². The molecule has 0 radical (unpaired) electrons. The average molecular weight is 277 g/mol. The molecule has 1 aliphatic heterocycles. The predicted octanol–water partition coefficient (Wildman–Crippen LogP) is 1.00. The molecule has 0 atom stereocenters. The number of thiocarbonyl (C=S) groups is 1. The second-order valence-electron chi connectivity index (χ2n) is 4.80. The maximum absolute atomic E-state index is 11.9. The van der Waals surface area contributed by atoms with Crippen molar-refractivity contribution in [3.63, 3.8) is 0 Å². The van der Waals surface area contributed by atoms with Crippen molar-refractivity contribution < 1.29 is 9.59 Å². The van der Waals surface area contributed by atoms with Crippen molar-refractivity contribution in [1.82, 2.24) is 9.88 Å². The fourth-order valence-corrected chi connectivity index (χ4v) is 2.21. The van der Waals surface area contributed by atoms with E-state index in [1.54, 1.807) is 18.3 Å². The Labute approximate surface area is 116 Å². The first-order valence-corrected chi connectivity index (χ1v) is 6.46. The van der Waals surface area contributed by atoms with Crippen LogP contribution in [0.4, 0.5) is 0 Å². The molecular formula is C13H15N3O2S. The summed E-state index contributed by atoms with van der Waals surface area (Å²) in [5.41, 5.74) is 6.81. The topological polar surface area (TPSA) is 76.3 Å². The first-order valence-electron chi connectivity index (χ1n) is 6.05. The van der Waals surface area contributed by atoms with Crippen LogP contribution < -0.4 is 5.73 Å². The molecule has 5 nitrogen and oxygen atoms in total. The average Bonchev–Trinajstić information content (AvgIpc) is 2.34. The summed E-state index contributed by atoms with van der Waals surface area (Å²) in [4.78, 5) is 29.3. The molecule has 1 aliphatic rings. The van der Waals surface area contributed by atoms with Gasteiger partial charge in [0.2, 0.25) is 11.8 Å². The molecule has 0 bridgehead atoms. The SMILES string of the molecule is CC1CC(=O)N(Cc2ccnc(C(N)=S)c2)C(=O)C1. The number of amides is 2. The lowest BCUT2D eigenvalue weighted by Gasteiger charge is -2.28. The van der Waals surface area contributed by atoms with Crippen molar-refractivity contribution in [1.29, 1.82) is 0 Å². The Kier molecular flexibility index (Phi) is 3.90. The van der Waals surface area contributed by atoms with Crippen LogP contribution in [-0.4, -0.2) is 26.7 Å². The Morgan fingerprint density at radius 1 is 1.47 bits per heavy atom. The molecule has 2 N–H and O–H groups in total. The number of hydrogen-bond donors (Lipinski definition) is 1. The van der Waals surface area contributed by atoms with Crippen molar-refractivity contribution in [3.8, 4) is 0 Å². The van der Waals surface area contributed by atoms with Gasteiger partial charge in [0, 0.05) is 19.0 Å². The molecule has 1 aromatic rings. The molecule has 100 valence electrons. The van der Waals surface area contributed by atoms with Crippen LogP contribution in [0.15, 0.2) is 18.3 Å². The number of hydrogen-bond acceptors (Lipinski definition) is 4. The first-order chi connectivity index (χ1) is 8.97. The summed E-state index contributed by atoms with van der Waals surface area (Å²) in [5.74, 6) is -0.129. The number of nitrogens with zero attached hydrogens (tertiary/aromatic N) is 2. The predicted molar refractivity (Wildman–Crippen MR) is 74.1 cm³/mol. The second-order valence-corrected chi connectivity index (χ2v) is 5.24. The molecule has 19 heavy (non-hydrogen) atoms. The normalized spacial score (nSPS) is 16.8. The molecule has 2 rings (SSSR count). The Balaban J connectivity index is 2.16. The zero-order chi connectivity index (χ0) is 14.0.